The van der Waals surface area contributed by atoms with Crippen molar-refractivity contribution in [1.29, 1.82) is 0 Å². The number of benzene rings is 2. The van der Waals surface area contributed by atoms with Gasteiger partial charge in [-0.05, 0) is 60.4 Å². The average Bonchev–Trinajstić information content (AvgIpc) is 3.21. The van der Waals surface area contributed by atoms with Gasteiger partial charge in [0.2, 0.25) is 0 Å². The number of carbonyl (C=O) groups excluding carboxylic acids is 2. The summed E-state index contributed by atoms with van der Waals surface area (Å²) in [5, 5.41) is 0.547. The second-order valence-corrected chi connectivity index (χ2v) is 8.68. The van der Waals surface area contributed by atoms with Crippen LogP contribution in [-0.2, 0) is 19.4 Å². The molecule has 4 rings (SSSR count). The summed E-state index contributed by atoms with van der Waals surface area (Å²) < 4.78 is 14.9. The number of ketones is 1. The Balaban J connectivity index is 1.41. The number of rotatable bonds is 8. The molecule has 174 valence electrons. The molecule has 0 unspecified atom stereocenters. The topological polar surface area (TPSA) is 54.7 Å². The van der Waals surface area contributed by atoms with Crippen LogP contribution in [0.4, 0.5) is 4.39 Å². The van der Waals surface area contributed by atoms with E-state index in [1.165, 1.54) is 12.1 Å². The molecule has 1 amide bonds. The van der Waals surface area contributed by atoms with Gasteiger partial charge in [0.25, 0.3) is 5.91 Å². The van der Waals surface area contributed by atoms with Crippen LogP contribution in [0, 0.1) is 5.82 Å². The highest BCUT2D eigenvalue weighted by Gasteiger charge is 2.18. The lowest BCUT2D eigenvalue weighted by Crippen LogP contribution is -2.26. The van der Waals surface area contributed by atoms with E-state index in [0.717, 1.165) is 16.8 Å². The number of imidazole rings is 1. The van der Waals surface area contributed by atoms with Gasteiger partial charge in [-0.2, -0.15) is 0 Å². The van der Waals surface area contributed by atoms with Crippen molar-refractivity contribution in [1.82, 2.24) is 14.3 Å². The first-order valence-corrected chi connectivity index (χ1v) is 11.5. The molecule has 2 heterocycles. The molecule has 34 heavy (non-hydrogen) atoms. The molecular formula is C27H25ClFN3O2. The Bertz CT molecular complexity index is 1330. The van der Waals surface area contributed by atoms with E-state index < -0.39 is 0 Å². The van der Waals surface area contributed by atoms with Crippen LogP contribution in [0.15, 0.2) is 66.9 Å². The van der Waals surface area contributed by atoms with E-state index >= 15 is 0 Å². The molecule has 0 atom stereocenters. The summed E-state index contributed by atoms with van der Waals surface area (Å²) >= 11 is 6.13. The van der Waals surface area contributed by atoms with Crippen molar-refractivity contribution in [2.45, 2.75) is 32.7 Å². The first-order chi connectivity index (χ1) is 16.4. The molecule has 0 radical (unpaired) electrons. The number of carbonyl (C=O) groups is 2. The molecule has 0 bridgehead atoms. The van der Waals surface area contributed by atoms with Gasteiger partial charge < -0.3 is 4.90 Å². The fraction of sp³-hybridized carbons (Fsp3) is 0.222. The summed E-state index contributed by atoms with van der Waals surface area (Å²) in [6.45, 7) is 2.36. The Morgan fingerprint density at radius 1 is 1.00 bits per heavy atom. The van der Waals surface area contributed by atoms with E-state index in [1.54, 1.807) is 58.9 Å². The molecule has 0 N–H and O–H groups in total. The molecule has 0 aliphatic heterocycles. The lowest BCUT2D eigenvalue weighted by Gasteiger charge is -2.17. The van der Waals surface area contributed by atoms with Crippen LogP contribution in [0.5, 0.6) is 0 Å². The van der Waals surface area contributed by atoms with Crippen molar-refractivity contribution in [3.8, 4) is 0 Å². The van der Waals surface area contributed by atoms with Gasteiger partial charge >= 0.3 is 0 Å². The SMILES string of the molecule is CCc1nc2ccc(Cl)cn2c1C(=O)CCc1ccc(C(=O)N(C)Cc2ccc(F)cc2)cc1. The normalized spacial score (nSPS) is 11.1. The number of nitrogens with zero attached hydrogens (tertiary/aromatic N) is 3. The van der Waals surface area contributed by atoms with Gasteiger partial charge in [0.15, 0.2) is 5.78 Å². The number of fused-ring (bicyclic) bond motifs is 1. The zero-order chi connectivity index (χ0) is 24.2. The molecular weight excluding hydrogens is 453 g/mol. The third-order valence-electron chi connectivity index (χ3n) is 5.77. The minimum Gasteiger partial charge on any atom is -0.337 e. The van der Waals surface area contributed by atoms with E-state index in [2.05, 4.69) is 4.98 Å². The van der Waals surface area contributed by atoms with Crippen molar-refractivity contribution in [2.24, 2.45) is 0 Å². The molecule has 7 heteroatoms. The van der Waals surface area contributed by atoms with Crippen molar-refractivity contribution in [2.75, 3.05) is 7.05 Å². The number of aromatic nitrogens is 2. The number of halogens is 2. The van der Waals surface area contributed by atoms with Gasteiger partial charge in [-0.1, -0.05) is 42.8 Å². The predicted octanol–water partition coefficient (Wildman–Crippen LogP) is 5.78. The fourth-order valence-electron chi connectivity index (χ4n) is 3.96. The predicted molar refractivity (Wildman–Crippen MR) is 131 cm³/mol. The van der Waals surface area contributed by atoms with Crippen molar-refractivity contribution < 1.29 is 14.0 Å². The van der Waals surface area contributed by atoms with Crippen molar-refractivity contribution in [3.05, 3.63) is 106 Å². The monoisotopic (exact) mass is 477 g/mol. The van der Waals surface area contributed by atoms with Crippen LogP contribution >= 0.6 is 11.6 Å². The smallest absolute Gasteiger partial charge is 0.253 e. The lowest BCUT2D eigenvalue weighted by molar-refractivity contribution is 0.0784. The van der Waals surface area contributed by atoms with E-state index in [9.17, 15) is 14.0 Å². The maximum atomic E-state index is 13.1. The third kappa shape index (κ3) is 5.18. The van der Waals surface area contributed by atoms with Gasteiger partial charge in [0, 0.05) is 31.8 Å². The highest BCUT2D eigenvalue weighted by Crippen LogP contribution is 2.20. The summed E-state index contributed by atoms with van der Waals surface area (Å²) in [6.07, 6.45) is 3.25. The van der Waals surface area contributed by atoms with Crippen LogP contribution in [0.2, 0.25) is 5.02 Å². The first kappa shape index (κ1) is 23.6. The van der Waals surface area contributed by atoms with Gasteiger partial charge in [-0.15, -0.1) is 0 Å². The minimum atomic E-state index is -0.303. The second-order valence-electron chi connectivity index (χ2n) is 8.24. The van der Waals surface area contributed by atoms with E-state index in [4.69, 9.17) is 11.6 Å². The lowest BCUT2D eigenvalue weighted by atomic mass is 10.0. The number of amides is 1. The molecule has 2 aromatic carbocycles. The summed E-state index contributed by atoms with van der Waals surface area (Å²) in [5.74, 6) is -0.420. The number of aryl methyl sites for hydroxylation is 2. The zero-order valence-corrected chi connectivity index (χ0v) is 19.8. The van der Waals surface area contributed by atoms with Crippen LogP contribution in [0.25, 0.3) is 5.65 Å². The first-order valence-electron chi connectivity index (χ1n) is 11.1. The summed E-state index contributed by atoms with van der Waals surface area (Å²) in [4.78, 5) is 31.9. The highest BCUT2D eigenvalue weighted by atomic mass is 35.5. The quantitative estimate of drug-likeness (QED) is 0.302. The Labute approximate surface area is 202 Å². The van der Waals surface area contributed by atoms with Gasteiger partial charge in [0.05, 0.1) is 10.7 Å². The highest BCUT2D eigenvalue weighted by molar-refractivity contribution is 6.30. The Kier molecular flexibility index (Phi) is 7.08. The Morgan fingerprint density at radius 2 is 1.68 bits per heavy atom. The Hall–Kier alpha value is -3.51. The molecule has 0 spiro atoms. The van der Waals surface area contributed by atoms with Crippen LogP contribution in [0.3, 0.4) is 0 Å². The third-order valence-corrected chi connectivity index (χ3v) is 6.00. The largest absolute Gasteiger partial charge is 0.337 e. The van der Waals surface area contributed by atoms with Gasteiger partial charge in [-0.3, -0.25) is 14.0 Å². The molecule has 0 aliphatic carbocycles. The summed E-state index contributed by atoms with van der Waals surface area (Å²) in [7, 11) is 1.71. The van der Waals surface area contributed by atoms with E-state index in [0.29, 0.717) is 47.7 Å². The number of hydrogen-bond donors (Lipinski definition) is 0. The molecule has 4 aromatic rings. The standard InChI is InChI=1S/C27H25ClFN3O2/c1-3-23-26(32-17-21(28)11-15-25(32)30-23)24(33)14-8-18-4-9-20(10-5-18)27(34)31(2)16-19-6-12-22(29)13-7-19/h4-7,9-13,15,17H,3,8,14,16H2,1-2H3. The molecule has 5 nitrogen and oxygen atoms in total. The summed E-state index contributed by atoms with van der Waals surface area (Å²) in [5.41, 5.74) is 4.43. The molecule has 0 aliphatic rings. The van der Waals surface area contributed by atoms with Gasteiger partial charge in [-0.25, -0.2) is 9.37 Å². The van der Waals surface area contributed by atoms with Gasteiger partial charge in [0.1, 0.15) is 17.2 Å². The summed E-state index contributed by atoms with van der Waals surface area (Å²) in [6, 6.07) is 17.0. The maximum Gasteiger partial charge on any atom is 0.253 e. The average molecular weight is 478 g/mol. The van der Waals surface area contributed by atoms with Crippen LogP contribution in [-0.4, -0.2) is 33.0 Å². The zero-order valence-electron chi connectivity index (χ0n) is 19.1. The Morgan fingerprint density at radius 3 is 2.35 bits per heavy atom. The number of hydrogen-bond acceptors (Lipinski definition) is 3. The number of pyridine rings is 1. The van der Waals surface area contributed by atoms with Crippen LogP contribution in [0.1, 0.15) is 51.0 Å². The molecule has 0 saturated heterocycles. The molecule has 0 fully saturated rings. The second kappa shape index (κ2) is 10.2. The van der Waals surface area contributed by atoms with E-state index in [-0.39, 0.29) is 17.5 Å². The maximum absolute atomic E-state index is 13.1. The van der Waals surface area contributed by atoms with Crippen molar-refractivity contribution >= 4 is 28.9 Å². The molecule has 0 saturated carbocycles. The van der Waals surface area contributed by atoms with Crippen molar-refractivity contribution in [3.63, 3.8) is 0 Å². The molecule has 2 aromatic heterocycles. The van der Waals surface area contributed by atoms with Crippen LogP contribution < -0.4 is 0 Å². The minimum absolute atomic E-state index is 0.00537. The van der Waals surface area contributed by atoms with E-state index in [1.807, 2.05) is 19.1 Å². The fourth-order valence-corrected chi connectivity index (χ4v) is 4.12. The number of Topliss-reactive ketones (excluding diaryl/α,β-unsaturated/α-hetero) is 1.